The van der Waals surface area contributed by atoms with Gasteiger partial charge in [0.05, 0.1) is 12.8 Å². The third-order valence-electron chi connectivity index (χ3n) is 3.56. The maximum Gasteiger partial charge on any atom is 0.251 e. The fourth-order valence-electron chi connectivity index (χ4n) is 2.13. The van der Waals surface area contributed by atoms with Crippen LogP contribution in [0, 0.1) is 5.92 Å². The zero-order valence-electron chi connectivity index (χ0n) is 10.7. The minimum atomic E-state index is -0.0624. The second kappa shape index (κ2) is 5.76. The van der Waals surface area contributed by atoms with Crippen molar-refractivity contribution >= 4 is 11.6 Å². The molecule has 18 heavy (non-hydrogen) atoms. The van der Waals surface area contributed by atoms with Crippen LogP contribution in [-0.2, 0) is 0 Å². The summed E-state index contributed by atoms with van der Waals surface area (Å²) in [4.78, 5) is 11.9. The number of amides is 1. The van der Waals surface area contributed by atoms with E-state index in [2.05, 4.69) is 5.32 Å². The van der Waals surface area contributed by atoms with E-state index >= 15 is 0 Å². The van der Waals surface area contributed by atoms with Crippen LogP contribution >= 0.6 is 0 Å². The van der Waals surface area contributed by atoms with Crippen LogP contribution < -0.4 is 15.8 Å². The van der Waals surface area contributed by atoms with Crippen molar-refractivity contribution in [2.24, 2.45) is 5.92 Å². The lowest BCUT2D eigenvalue weighted by Crippen LogP contribution is -2.27. The predicted molar refractivity (Wildman–Crippen MR) is 71.7 cm³/mol. The summed E-state index contributed by atoms with van der Waals surface area (Å²) >= 11 is 0. The number of ether oxygens (including phenoxy) is 1. The van der Waals surface area contributed by atoms with E-state index in [0.29, 0.717) is 17.0 Å². The average Bonchev–Trinajstić information content (AvgIpc) is 2.32. The van der Waals surface area contributed by atoms with Gasteiger partial charge in [-0.15, -0.1) is 0 Å². The number of nitrogens with one attached hydrogen (secondary N) is 1. The lowest BCUT2D eigenvalue weighted by molar-refractivity contribution is 0.0948. The Bertz CT molecular complexity index is 428. The number of hydrogen-bond donors (Lipinski definition) is 2. The van der Waals surface area contributed by atoms with Crippen molar-refractivity contribution in [3.05, 3.63) is 23.8 Å². The SMILES string of the molecule is COc1cc(C(=O)NCCC2CCC2)ccc1N. The van der Waals surface area contributed by atoms with Crippen LogP contribution in [0.5, 0.6) is 5.75 Å². The molecule has 0 saturated heterocycles. The third kappa shape index (κ3) is 2.94. The molecule has 98 valence electrons. The first-order valence-corrected chi connectivity index (χ1v) is 6.42. The number of rotatable bonds is 5. The van der Waals surface area contributed by atoms with Gasteiger partial charge in [0.15, 0.2) is 0 Å². The first-order valence-electron chi connectivity index (χ1n) is 6.42. The van der Waals surface area contributed by atoms with E-state index in [0.717, 1.165) is 18.9 Å². The molecule has 1 aliphatic rings. The monoisotopic (exact) mass is 248 g/mol. The molecule has 0 atom stereocenters. The smallest absolute Gasteiger partial charge is 0.251 e. The maximum absolute atomic E-state index is 11.9. The number of carbonyl (C=O) groups is 1. The van der Waals surface area contributed by atoms with Gasteiger partial charge in [0.2, 0.25) is 0 Å². The van der Waals surface area contributed by atoms with Gasteiger partial charge in [-0.3, -0.25) is 4.79 Å². The molecule has 1 aliphatic carbocycles. The highest BCUT2D eigenvalue weighted by atomic mass is 16.5. The summed E-state index contributed by atoms with van der Waals surface area (Å²) < 4.78 is 5.10. The fraction of sp³-hybridized carbons (Fsp3) is 0.500. The molecule has 1 amide bonds. The zero-order valence-corrected chi connectivity index (χ0v) is 10.7. The highest BCUT2D eigenvalue weighted by Gasteiger charge is 2.17. The van der Waals surface area contributed by atoms with Crippen molar-refractivity contribution in [3.63, 3.8) is 0 Å². The number of carbonyl (C=O) groups excluding carboxylic acids is 1. The molecular weight excluding hydrogens is 228 g/mol. The summed E-state index contributed by atoms with van der Waals surface area (Å²) in [6.07, 6.45) is 5.04. The zero-order chi connectivity index (χ0) is 13.0. The van der Waals surface area contributed by atoms with Crippen LogP contribution in [0.1, 0.15) is 36.0 Å². The molecule has 0 aromatic heterocycles. The molecule has 1 aromatic carbocycles. The highest BCUT2D eigenvalue weighted by molar-refractivity contribution is 5.95. The molecule has 1 fully saturated rings. The highest BCUT2D eigenvalue weighted by Crippen LogP contribution is 2.28. The number of hydrogen-bond acceptors (Lipinski definition) is 3. The summed E-state index contributed by atoms with van der Waals surface area (Å²) in [7, 11) is 1.55. The Morgan fingerprint density at radius 3 is 2.89 bits per heavy atom. The van der Waals surface area contributed by atoms with Crippen LogP contribution in [-0.4, -0.2) is 19.6 Å². The van der Waals surface area contributed by atoms with Crippen molar-refractivity contribution in [2.45, 2.75) is 25.7 Å². The average molecular weight is 248 g/mol. The minimum absolute atomic E-state index is 0.0624. The lowest BCUT2D eigenvalue weighted by Gasteiger charge is -2.25. The first kappa shape index (κ1) is 12.7. The predicted octanol–water partition coefficient (Wildman–Crippen LogP) is 2.20. The van der Waals surface area contributed by atoms with E-state index in [1.807, 2.05) is 0 Å². The van der Waals surface area contributed by atoms with E-state index in [1.54, 1.807) is 25.3 Å². The molecular formula is C14H20N2O2. The van der Waals surface area contributed by atoms with Gasteiger partial charge in [-0.05, 0) is 30.5 Å². The van der Waals surface area contributed by atoms with Gasteiger partial charge in [0.25, 0.3) is 5.91 Å². The third-order valence-corrected chi connectivity index (χ3v) is 3.56. The molecule has 3 N–H and O–H groups in total. The van der Waals surface area contributed by atoms with E-state index in [1.165, 1.54) is 19.3 Å². The van der Waals surface area contributed by atoms with Gasteiger partial charge in [0, 0.05) is 12.1 Å². The van der Waals surface area contributed by atoms with E-state index in [-0.39, 0.29) is 5.91 Å². The minimum Gasteiger partial charge on any atom is -0.495 e. The van der Waals surface area contributed by atoms with Crippen LogP contribution in [0.4, 0.5) is 5.69 Å². The number of benzene rings is 1. The molecule has 0 unspecified atom stereocenters. The molecule has 1 aromatic rings. The standard InChI is InChI=1S/C14H20N2O2/c1-18-13-9-11(5-6-12(13)15)14(17)16-8-7-10-3-2-4-10/h5-6,9-10H,2-4,7-8,15H2,1H3,(H,16,17). The Morgan fingerprint density at radius 1 is 1.50 bits per heavy atom. The lowest BCUT2D eigenvalue weighted by atomic mass is 9.83. The molecule has 0 aliphatic heterocycles. The van der Waals surface area contributed by atoms with Crippen molar-refractivity contribution in [3.8, 4) is 5.75 Å². The molecule has 0 spiro atoms. The summed E-state index contributed by atoms with van der Waals surface area (Å²) in [5.74, 6) is 1.29. The first-order chi connectivity index (χ1) is 8.70. The molecule has 2 rings (SSSR count). The van der Waals surface area contributed by atoms with E-state index in [9.17, 15) is 4.79 Å². The summed E-state index contributed by atoms with van der Waals surface area (Å²) in [5.41, 5.74) is 6.85. The Morgan fingerprint density at radius 2 is 2.28 bits per heavy atom. The maximum atomic E-state index is 11.9. The molecule has 4 nitrogen and oxygen atoms in total. The number of methoxy groups -OCH3 is 1. The normalized spacial score (nSPS) is 14.9. The number of anilines is 1. The van der Waals surface area contributed by atoms with Gasteiger partial charge in [-0.25, -0.2) is 0 Å². The second-order valence-electron chi connectivity index (χ2n) is 4.80. The van der Waals surface area contributed by atoms with Gasteiger partial charge in [0.1, 0.15) is 5.75 Å². The Balaban J connectivity index is 1.87. The molecule has 0 radical (unpaired) electrons. The Labute approximate surface area is 108 Å². The topological polar surface area (TPSA) is 64.3 Å². The molecule has 0 bridgehead atoms. The van der Waals surface area contributed by atoms with Gasteiger partial charge < -0.3 is 15.8 Å². The second-order valence-corrected chi connectivity index (χ2v) is 4.80. The van der Waals surface area contributed by atoms with Crippen LogP contribution in [0.3, 0.4) is 0 Å². The summed E-state index contributed by atoms with van der Waals surface area (Å²) in [5, 5.41) is 2.93. The molecule has 4 heteroatoms. The van der Waals surface area contributed by atoms with Gasteiger partial charge in [-0.1, -0.05) is 19.3 Å². The fourth-order valence-corrected chi connectivity index (χ4v) is 2.13. The van der Waals surface area contributed by atoms with Crippen molar-refractivity contribution in [1.82, 2.24) is 5.32 Å². The summed E-state index contributed by atoms with van der Waals surface area (Å²) in [6.45, 7) is 0.746. The van der Waals surface area contributed by atoms with Gasteiger partial charge in [-0.2, -0.15) is 0 Å². The number of nitrogens with two attached hydrogens (primary N) is 1. The van der Waals surface area contributed by atoms with E-state index < -0.39 is 0 Å². The number of nitrogen functional groups attached to an aromatic ring is 1. The van der Waals surface area contributed by atoms with Crippen LogP contribution in [0.15, 0.2) is 18.2 Å². The summed E-state index contributed by atoms with van der Waals surface area (Å²) in [6, 6.07) is 5.09. The Hall–Kier alpha value is -1.71. The Kier molecular flexibility index (Phi) is 4.07. The van der Waals surface area contributed by atoms with Crippen molar-refractivity contribution in [2.75, 3.05) is 19.4 Å². The van der Waals surface area contributed by atoms with Crippen molar-refractivity contribution < 1.29 is 9.53 Å². The largest absolute Gasteiger partial charge is 0.495 e. The molecule has 1 saturated carbocycles. The van der Waals surface area contributed by atoms with E-state index in [4.69, 9.17) is 10.5 Å². The van der Waals surface area contributed by atoms with Crippen LogP contribution in [0.25, 0.3) is 0 Å². The van der Waals surface area contributed by atoms with Crippen LogP contribution in [0.2, 0.25) is 0 Å². The quantitative estimate of drug-likeness (QED) is 0.785. The molecule has 0 heterocycles. The van der Waals surface area contributed by atoms with Gasteiger partial charge >= 0.3 is 0 Å². The van der Waals surface area contributed by atoms with Crippen molar-refractivity contribution in [1.29, 1.82) is 0 Å².